The van der Waals surface area contributed by atoms with Gasteiger partial charge in [-0.05, 0) is 37.0 Å². The predicted octanol–water partition coefficient (Wildman–Crippen LogP) is 1.82. The van der Waals surface area contributed by atoms with E-state index in [4.69, 9.17) is 0 Å². The lowest BCUT2D eigenvalue weighted by Crippen LogP contribution is -2.48. The van der Waals surface area contributed by atoms with Crippen molar-refractivity contribution in [3.63, 3.8) is 0 Å². The Morgan fingerprint density at radius 2 is 2.05 bits per heavy atom. The Morgan fingerprint density at radius 1 is 1.27 bits per heavy atom. The van der Waals surface area contributed by atoms with E-state index in [1.807, 2.05) is 11.8 Å². The minimum absolute atomic E-state index is 0.237. The Bertz CT molecular complexity index is 537. The number of benzene rings is 1. The van der Waals surface area contributed by atoms with Crippen molar-refractivity contribution in [1.82, 2.24) is 10.2 Å². The number of rotatable bonds is 4. The van der Waals surface area contributed by atoms with Crippen LogP contribution in [0.3, 0.4) is 0 Å². The van der Waals surface area contributed by atoms with Gasteiger partial charge in [0.15, 0.2) is 0 Å². The zero-order chi connectivity index (χ0) is 15.5. The van der Waals surface area contributed by atoms with Crippen molar-refractivity contribution in [3.05, 3.63) is 29.3 Å². The van der Waals surface area contributed by atoms with E-state index in [9.17, 15) is 4.79 Å². The van der Waals surface area contributed by atoms with E-state index >= 15 is 0 Å². The zero-order valence-electron chi connectivity index (χ0n) is 13.8. The van der Waals surface area contributed by atoms with Crippen LogP contribution in [0, 0.1) is 0 Å². The maximum Gasteiger partial charge on any atom is 0.226 e. The fourth-order valence-electron chi connectivity index (χ4n) is 3.63. The standard InChI is InChI=1S/C18H27N3O/c1-3-18(22)21-9-6-16-13-15(4-5-17(16)21)12-14(2)20-10-7-19-8-11-20/h4-5,13-14,19H,3,6-12H2,1-2H3. The van der Waals surface area contributed by atoms with Gasteiger partial charge in [-0.3, -0.25) is 9.69 Å². The number of carbonyl (C=O) groups excluding carboxylic acids is 1. The number of hydrogen-bond donors (Lipinski definition) is 1. The highest BCUT2D eigenvalue weighted by atomic mass is 16.2. The lowest BCUT2D eigenvalue weighted by atomic mass is 10.0. The van der Waals surface area contributed by atoms with E-state index < -0.39 is 0 Å². The fourth-order valence-corrected chi connectivity index (χ4v) is 3.63. The SMILES string of the molecule is CCC(=O)N1CCc2cc(CC(C)N3CCNCC3)ccc21. The molecule has 120 valence electrons. The molecule has 4 nitrogen and oxygen atoms in total. The number of piperazine rings is 1. The maximum atomic E-state index is 12.0. The molecule has 1 amide bonds. The molecule has 0 radical (unpaired) electrons. The number of nitrogens with one attached hydrogen (secondary N) is 1. The highest BCUT2D eigenvalue weighted by Gasteiger charge is 2.24. The normalized spacial score (nSPS) is 20.0. The summed E-state index contributed by atoms with van der Waals surface area (Å²) in [5.41, 5.74) is 3.87. The van der Waals surface area contributed by atoms with E-state index in [0.29, 0.717) is 12.5 Å². The first kappa shape index (κ1) is 15.5. The second kappa shape index (κ2) is 6.80. The molecule has 22 heavy (non-hydrogen) atoms. The minimum Gasteiger partial charge on any atom is -0.314 e. The molecule has 3 rings (SSSR count). The lowest BCUT2D eigenvalue weighted by Gasteiger charge is -2.33. The third-order valence-electron chi connectivity index (χ3n) is 4.95. The molecule has 0 aromatic heterocycles. The van der Waals surface area contributed by atoms with Crippen LogP contribution in [0.4, 0.5) is 5.69 Å². The summed E-state index contributed by atoms with van der Waals surface area (Å²) in [6.07, 6.45) is 2.67. The largest absolute Gasteiger partial charge is 0.314 e. The Hall–Kier alpha value is -1.39. The fraction of sp³-hybridized carbons (Fsp3) is 0.611. The van der Waals surface area contributed by atoms with Crippen LogP contribution in [0.5, 0.6) is 0 Å². The Balaban J connectivity index is 1.68. The van der Waals surface area contributed by atoms with Gasteiger partial charge in [0.05, 0.1) is 0 Å². The molecule has 1 atom stereocenters. The van der Waals surface area contributed by atoms with E-state index in [1.165, 1.54) is 11.1 Å². The summed E-state index contributed by atoms with van der Waals surface area (Å²) in [4.78, 5) is 16.5. The second-order valence-electron chi connectivity index (χ2n) is 6.45. The minimum atomic E-state index is 0.237. The maximum absolute atomic E-state index is 12.0. The van der Waals surface area contributed by atoms with Gasteiger partial charge in [0, 0.05) is 50.9 Å². The van der Waals surface area contributed by atoms with Gasteiger partial charge in [-0.2, -0.15) is 0 Å². The monoisotopic (exact) mass is 301 g/mol. The number of amides is 1. The van der Waals surface area contributed by atoms with Crippen molar-refractivity contribution in [1.29, 1.82) is 0 Å². The number of carbonyl (C=O) groups is 1. The van der Waals surface area contributed by atoms with Gasteiger partial charge in [0.1, 0.15) is 0 Å². The van der Waals surface area contributed by atoms with Crippen LogP contribution in [0.2, 0.25) is 0 Å². The van der Waals surface area contributed by atoms with Crippen LogP contribution < -0.4 is 10.2 Å². The third kappa shape index (κ3) is 3.18. The Kier molecular flexibility index (Phi) is 4.79. The highest BCUT2D eigenvalue weighted by Crippen LogP contribution is 2.30. The molecule has 2 aliphatic rings. The molecule has 1 aromatic carbocycles. The first-order valence-corrected chi connectivity index (χ1v) is 8.56. The van der Waals surface area contributed by atoms with Crippen molar-refractivity contribution in [2.45, 2.75) is 39.2 Å². The van der Waals surface area contributed by atoms with E-state index in [2.05, 4.69) is 35.3 Å². The predicted molar refractivity (Wildman–Crippen MR) is 90.4 cm³/mol. The number of nitrogens with zero attached hydrogens (tertiary/aromatic N) is 2. The van der Waals surface area contributed by atoms with Gasteiger partial charge in [-0.25, -0.2) is 0 Å². The van der Waals surface area contributed by atoms with Gasteiger partial charge in [0.2, 0.25) is 5.91 Å². The molecule has 0 saturated carbocycles. The average Bonchev–Trinajstić information content (AvgIpc) is 2.98. The highest BCUT2D eigenvalue weighted by molar-refractivity contribution is 5.95. The molecule has 2 aliphatic heterocycles. The Morgan fingerprint density at radius 3 is 2.77 bits per heavy atom. The summed E-state index contributed by atoms with van der Waals surface area (Å²) < 4.78 is 0. The molecule has 2 heterocycles. The van der Waals surface area contributed by atoms with Gasteiger partial charge < -0.3 is 10.2 Å². The molecule has 0 aliphatic carbocycles. The molecule has 1 unspecified atom stereocenters. The summed E-state index contributed by atoms with van der Waals surface area (Å²) in [6, 6.07) is 7.25. The average molecular weight is 301 g/mol. The first-order chi connectivity index (χ1) is 10.7. The molecule has 1 fully saturated rings. The van der Waals surface area contributed by atoms with Crippen molar-refractivity contribution in [2.75, 3.05) is 37.6 Å². The van der Waals surface area contributed by atoms with Crippen LogP contribution in [-0.4, -0.2) is 49.6 Å². The van der Waals surface area contributed by atoms with E-state index in [0.717, 1.165) is 51.3 Å². The molecule has 1 N–H and O–H groups in total. The topological polar surface area (TPSA) is 35.6 Å². The number of anilines is 1. The van der Waals surface area contributed by atoms with Gasteiger partial charge >= 0.3 is 0 Å². The second-order valence-corrected chi connectivity index (χ2v) is 6.45. The van der Waals surface area contributed by atoms with Crippen LogP contribution >= 0.6 is 0 Å². The van der Waals surface area contributed by atoms with Gasteiger partial charge in [0.25, 0.3) is 0 Å². The summed E-state index contributed by atoms with van der Waals surface area (Å²) in [7, 11) is 0. The van der Waals surface area contributed by atoms with Gasteiger partial charge in [-0.1, -0.05) is 19.1 Å². The lowest BCUT2D eigenvalue weighted by molar-refractivity contribution is -0.118. The van der Waals surface area contributed by atoms with Crippen molar-refractivity contribution in [2.24, 2.45) is 0 Å². The number of fused-ring (bicyclic) bond motifs is 1. The quantitative estimate of drug-likeness (QED) is 0.921. The summed E-state index contributed by atoms with van der Waals surface area (Å²) >= 11 is 0. The van der Waals surface area contributed by atoms with Crippen LogP contribution in [0.25, 0.3) is 0 Å². The van der Waals surface area contributed by atoms with E-state index in [-0.39, 0.29) is 5.91 Å². The molecule has 4 heteroatoms. The zero-order valence-corrected chi connectivity index (χ0v) is 13.8. The molecule has 1 saturated heterocycles. The molecular formula is C18H27N3O. The van der Waals surface area contributed by atoms with E-state index in [1.54, 1.807) is 0 Å². The summed E-state index contributed by atoms with van der Waals surface area (Å²) in [5.74, 6) is 0.237. The van der Waals surface area contributed by atoms with Crippen molar-refractivity contribution in [3.8, 4) is 0 Å². The van der Waals surface area contributed by atoms with Crippen LogP contribution in [-0.2, 0) is 17.6 Å². The van der Waals surface area contributed by atoms with Crippen molar-refractivity contribution < 1.29 is 4.79 Å². The van der Waals surface area contributed by atoms with Crippen molar-refractivity contribution >= 4 is 11.6 Å². The molecule has 1 aromatic rings. The summed E-state index contributed by atoms with van der Waals surface area (Å²) in [6.45, 7) is 9.59. The number of hydrogen-bond acceptors (Lipinski definition) is 3. The Labute approximate surface area is 133 Å². The smallest absolute Gasteiger partial charge is 0.226 e. The first-order valence-electron chi connectivity index (χ1n) is 8.56. The van der Waals surface area contributed by atoms with Gasteiger partial charge in [-0.15, -0.1) is 0 Å². The molecule has 0 spiro atoms. The molecule has 0 bridgehead atoms. The molecular weight excluding hydrogens is 274 g/mol. The summed E-state index contributed by atoms with van der Waals surface area (Å²) in [5, 5.41) is 3.41. The van der Waals surface area contributed by atoms with Crippen LogP contribution in [0.15, 0.2) is 18.2 Å². The van der Waals surface area contributed by atoms with Crippen LogP contribution in [0.1, 0.15) is 31.4 Å². The third-order valence-corrected chi connectivity index (χ3v) is 4.95.